The third-order valence-electron chi connectivity index (χ3n) is 4.46. The third-order valence-corrected chi connectivity index (χ3v) is 9.34. The third kappa shape index (κ3) is 2.64. The van der Waals surface area contributed by atoms with Gasteiger partial charge in [0, 0.05) is 10.6 Å². The first kappa shape index (κ1) is 16.3. The molecule has 0 spiro atoms. The van der Waals surface area contributed by atoms with Crippen molar-refractivity contribution in [3.8, 4) is 0 Å². The molecule has 4 heteroatoms. The molecule has 4 rings (SSSR count). The highest BCUT2D eigenvalue weighted by Gasteiger charge is 2.35. The van der Waals surface area contributed by atoms with Gasteiger partial charge in [0.05, 0.1) is 10.2 Å². The van der Waals surface area contributed by atoms with Crippen LogP contribution in [-0.2, 0) is 4.57 Å². The highest BCUT2D eigenvalue weighted by Crippen LogP contribution is 2.46. The Morgan fingerprint density at radius 3 is 1.84 bits per heavy atom. The Labute approximate surface area is 151 Å². The average molecular weight is 363 g/mol. The van der Waals surface area contributed by atoms with Crippen molar-refractivity contribution in [2.75, 3.05) is 0 Å². The van der Waals surface area contributed by atoms with Gasteiger partial charge in [0.1, 0.15) is 0 Å². The standard InChI is InChI=1S/C21H18NOPS/c1-15-9-3-6-12-18(15)24(23,19-13-7-4-10-16(19)2)21-22-17-11-5-8-14-20(17)25-21/h3-14H,1-2H3. The van der Waals surface area contributed by atoms with Gasteiger partial charge in [-0.3, -0.25) is 0 Å². The first-order valence-corrected chi connectivity index (χ1v) is 10.7. The second-order valence-corrected chi connectivity index (χ2v) is 10.1. The van der Waals surface area contributed by atoms with E-state index in [1.807, 2.05) is 86.6 Å². The first-order valence-electron chi connectivity index (χ1n) is 8.19. The molecule has 0 N–H and O–H groups in total. The summed E-state index contributed by atoms with van der Waals surface area (Å²) in [4.78, 5) is 4.78. The lowest BCUT2D eigenvalue weighted by Gasteiger charge is -2.20. The fourth-order valence-electron chi connectivity index (χ4n) is 3.16. The van der Waals surface area contributed by atoms with E-state index in [-0.39, 0.29) is 0 Å². The fraction of sp³-hybridized carbons (Fsp3) is 0.0952. The Morgan fingerprint density at radius 1 is 0.760 bits per heavy atom. The maximum absolute atomic E-state index is 14.6. The number of aryl methyl sites for hydroxylation is 2. The van der Waals surface area contributed by atoms with Crippen LogP contribution in [0.2, 0.25) is 0 Å². The van der Waals surface area contributed by atoms with Gasteiger partial charge in [0.15, 0.2) is 11.9 Å². The van der Waals surface area contributed by atoms with E-state index in [0.717, 1.165) is 32.0 Å². The molecule has 0 saturated carbocycles. The highest BCUT2D eigenvalue weighted by atomic mass is 32.1. The summed E-state index contributed by atoms with van der Waals surface area (Å²) in [5, 5.41) is 1.76. The molecule has 4 aromatic rings. The number of nitrogens with zero attached hydrogens (tertiary/aromatic N) is 1. The van der Waals surface area contributed by atoms with Crippen molar-refractivity contribution < 1.29 is 4.57 Å². The van der Waals surface area contributed by atoms with Gasteiger partial charge in [-0.25, -0.2) is 4.98 Å². The van der Waals surface area contributed by atoms with Crippen LogP contribution in [0.1, 0.15) is 11.1 Å². The molecule has 2 nitrogen and oxygen atoms in total. The molecule has 0 aliphatic rings. The highest BCUT2D eigenvalue weighted by molar-refractivity contribution is 7.89. The Hall–Kier alpha value is -2.22. The van der Waals surface area contributed by atoms with E-state index in [9.17, 15) is 4.57 Å². The summed E-state index contributed by atoms with van der Waals surface area (Å²) in [6.45, 7) is 4.04. The summed E-state index contributed by atoms with van der Waals surface area (Å²) < 4.78 is 16.4. The normalized spacial score (nSPS) is 11.8. The Morgan fingerprint density at radius 2 is 1.28 bits per heavy atom. The lowest BCUT2D eigenvalue weighted by molar-refractivity contribution is 0.592. The molecule has 124 valence electrons. The van der Waals surface area contributed by atoms with Crippen molar-refractivity contribution in [2.45, 2.75) is 13.8 Å². The maximum atomic E-state index is 14.6. The molecule has 0 fully saturated rings. The second kappa shape index (κ2) is 6.25. The minimum atomic E-state index is -3.02. The van der Waals surface area contributed by atoms with Gasteiger partial charge in [0.2, 0.25) is 0 Å². The maximum Gasteiger partial charge on any atom is 0.198 e. The van der Waals surface area contributed by atoms with E-state index >= 15 is 0 Å². The Balaban J connectivity index is 2.08. The van der Waals surface area contributed by atoms with Crippen LogP contribution < -0.4 is 15.4 Å². The molecule has 1 heterocycles. The van der Waals surface area contributed by atoms with E-state index in [1.54, 1.807) is 0 Å². The summed E-state index contributed by atoms with van der Waals surface area (Å²) in [5.41, 5.74) is 2.98. The predicted molar refractivity (Wildman–Crippen MR) is 108 cm³/mol. The number of hydrogen-bond acceptors (Lipinski definition) is 3. The topological polar surface area (TPSA) is 30.0 Å². The monoisotopic (exact) mass is 363 g/mol. The summed E-state index contributed by atoms with van der Waals surface area (Å²) in [5.74, 6) is 0. The second-order valence-electron chi connectivity index (χ2n) is 6.15. The van der Waals surface area contributed by atoms with E-state index < -0.39 is 7.14 Å². The molecule has 0 radical (unpaired) electrons. The van der Waals surface area contributed by atoms with E-state index in [1.165, 1.54) is 11.3 Å². The van der Waals surface area contributed by atoms with Crippen LogP contribution in [0.5, 0.6) is 0 Å². The van der Waals surface area contributed by atoms with E-state index in [4.69, 9.17) is 4.98 Å². The van der Waals surface area contributed by atoms with Crippen molar-refractivity contribution >= 4 is 44.1 Å². The van der Waals surface area contributed by atoms with Crippen LogP contribution in [-0.4, -0.2) is 4.98 Å². The molecular formula is C21H18NOPS. The van der Waals surface area contributed by atoms with Gasteiger partial charge in [-0.1, -0.05) is 60.7 Å². The fourth-order valence-corrected chi connectivity index (χ4v) is 7.92. The minimum absolute atomic E-state index is 0.706. The van der Waals surface area contributed by atoms with Crippen LogP contribution >= 0.6 is 18.5 Å². The molecule has 0 atom stereocenters. The average Bonchev–Trinajstić information content (AvgIpc) is 3.06. The molecule has 0 unspecified atom stereocenters. The van der Waals surface area contributed by atoms with Crippen LogP contribution in [0.4, 0.5) is 0 Å². The van der Waals surface area contributed by atoms with Gasteiger partial charge in [-0.05, 0) is 37.1 Å². The molecular weight excluding hydrogens is 345 g/mol. The summed E-state index contributed by atoms with van der Waals surface area (Å²) in [6, 6.07) is 23.9. The van der Waals surface area contributed by atoms with Crippen LogP contribution in [0.15, 0.2) is 72.8 Å². The molecule has 1 aromatic heterocycles. The quantitative estimate of drug-likeness (QED) is 0.500. The van der Waals surface area contributed by atoms with Crippen molar-refractivity contribution in [3.63, 3.8) is 0 Å². The van der Waals surface area contributed by atoms with Gasteiger partial charge in [-0.15, -0.1) is 11.3 Å². The van der Waals surface area contributed by atoms with Crippen LogP contribution in [0.25, 0.3) is 10.2 Å². The van der Waals surface area contributed by atoms with Crippen LogP contribution in [0, 0.1) is 13.8 Å². The molecule has 0 aliphatic heterocycles. The number of para-hydroxylation sites is 1. The van der Waals surface area contributed by atoms with Gasteiger partial charge in [0.25, 0.3) is 0 Å². The van der Waals surface area contributed by atoms with Gasteiger partial charge in [-0.2, -0.15) is 0 Å². The van der Waals surface area contributed by atoms with Gasteiger partial charge >= 0.3 is 0 Å². The zero-order chi connectivity index (χ0) is 17.4. The lowest BCUT2D eigenvalue weighted by Crippen LogP contribution is -2.27. The first-order chi connectivity index (χ1) is 12.1. The number of aromatic nitrogens is 1. The largest absolute Gasteiger partial charge is 0.306 e. The predicted octanol–water partition coefficient (Wildman–Crippen LogP) is 4.55. The summed E-state index contributed by atoms with van der Waals surface area (Å²) >= 11 is 1.54. The number of rotatable bonds is 3. The molecule has 0 aliphatic carbocycles. The molecule has 0 bridgehead atoms. The SMILES string of the molecule is Cc1ccccc1P(=O)(c1nc2ccccc2s1)c1ccccc1C. The molecule has 25 heavy (non-hydrogen) atoms. The van der Waals surface area contributed by atoms with Crippen molar-refractivity contribution in [3.05, 3.63) is 83.9 Å². The number of fused-ring (bicyclic) bond motifs is 1. The molecule has 0 amide bonds. The van der Waals surface area contributed by atoms with Crippen molar-refractivity contribution in [1.29, 1.82) is 0 Å². The van der Waals surface area contributed by atoms with Crippen molar-refractivity contribution in [2.24, 2.45) is 0 Å². The number of benzene rings is 3. The van der Waals surface area contributed by atoms with E-state index in [0.29, 0.717) is 4.75 Å². The van der Waals surface area contributed by atoms with Crippen LogP contribution in [0.3, 0.4) is 0 Å². The summed E-state index contributed by atoms with van der Waals surface area (Å²) in [7, 11) is -3.02. The smallest absolute Gasteiger partial charge is 0.198 e. The Bertz CT molecular complexity index is 1030. The van der Waals surface area contributed by atoms with E-state index in [2.05, 4.69) is 0 Å². The zero-order valence-electron chi connectivity index (χ0n) is 14.1. The Kier molecular flexibility index (Phi) is 4.07. The minimum Gasteiger partial charge on any atom is -0.306 e. The lowest BCUT2D eigenvalue weighted by atomic mass is 10.2. The summed E-state index contributed by atoms with van der Waals surface area (Å²) in [6.07, 6.45) is 0. The van der Waals surface area contributed by atoms with Crippen molar-refractivity contribution in [1.82, 2.24) is 4.98 Å². The number of hydrogen-bond donors (Lipinski definition) is 0. The number of thiazole rings is 1. The molecule has 0 saturated heterocycles. The van der Waals surface area contributed by atoms with Gasteiger partial charge < -0.3 is 4.57 Å². The zero-order valence-corrected chi connectivity index (χ0v) is 15.9. The molecule has 3 aromatic carbocycles.